The molecule has 11 amide bonds. The van der Waals surface area contributed by atoms with Gasteiger partial charge < -0.3 is 99.7 Å². The second-order valence-electron chi connectivity index (χ2n) is 27.9. The van der Waals surface area contributed by atoms with Crippen molar-refractivity contribution < 1.29 is 141 Å². The molecule has 2 rings (SSSR count). The third kappa shape index (κ3) is 49.6. The van der Waals surface area contributed by atoms with Crippen molar-refractivity contribution in [1.29, 1.82) is 0 Å². The molecule has 24 N–H and O–H groups in total. The molecule has 13 atom stereocenters. The van der Waals surface area contributed by atoms with Crippen molar-refractivity contribution in [2.45, 2.75) is 211 Å². The average Bonchev–Trinajstić information content (AvgIpc) is 0.878. The minimum atomic E-state index is -4.77. The Hall–Kier alpha value is -7.60. The number of carbonyl (C=O) groups excluding carboxylic acids is 11. The zero-order valence-electron chi connectivity index (χ0n) is 65.1. The van der Waals surface area contributed by atoms with E-state index in [0.29, 0.717) is 18.8 Å². The van der Waals surface area contributed by atoms with Crippen molar-refractivity contribution in [1.82, 2.24) is 90.1 Å². The summed E-state index contributed by atoms with van der Waals surface area (Å²) < 4.78 is 190. The van der Waals surface area contributed by atoms with E-state index in [-0.39, 0.29) is 38.2 Å². The summed E-state index contributed by atoms with van der Waals surface area (Å²) in [5.74, 6) is -19.1. The molecule has 1 aromatic heterocycles. The van der Waals surface area contributed by atoms with Crippen LogP contribution in [-0.2, 0) is 114 Å². The van der Waals surface area contributed by atoms with Crippen LogP contribution in [0.5, 0.6) is 0 Å². The third-order valence-electron chi connectivity index (χ3n) is 16.5. The maximum Gasteiger partial charge on any atom is 0.308 e. The second kappa shape index (κ2) is 53.0. The van der Waals surface area contributed by atoms with Crippen LogP contribution >= 0.6 is 0 Å². The number of nitrogens with one attached hydrogen (secondary N) is 17. The summed E-state index contributed by atoms with van der Waals surface area (Å²) >= 11 is 0. The monoisotopic (exact) mass is 1790 g/mol. The Labute approximate surface area is 674 Å². The van der Waals surface area contributed by atoms with Crippen LogP contribution in [0.2, 0.25) is 0 Å². The van der Waals surface area contributed by atoms with Gasteiger partial charge in [-0.15, -0.1) is 0 Å². The molecule has 0 aromatic carbocycles. The molecule has 2 heterocycles. The van der Waals surface area contributed by atoms with E-state index in [0.717, 1.165) is 26.7 Å². The minimum absolute atomic E-state index is 0.00823. The number of nitrogens with zero attached hydrogens (tertiary/aromatic N) is 1. The van der Waals surface area contributed by atoms with Crippen LogP contribution in [0.4, 0.5) is 6.01 Å². The van der Waals surface area contributed by atoms with E-state index in [4.69, 9.17) is 0 Å². The molecule has 55 heteroatoms. The first-order valence-corrected chi connectivity index (χ1v) is 45.7. The van der Waals surface area contributed by atoms with E-state index < -0.39 is 305 Å². The van der Waals surface area contributed by atoms with Gasteiger partial charge in [-0.2, -0.15) is 42.1 Å². The Balaban J connectivity index is 0.00000694. The lowest BCUT2D eigenvalue weighted by Crippen LogP contribution is -2.62. The predicted molar refractivity (Wildman–Crippen MR) is 413 cm³/mol. The van der Waals surface area contributed by atoms with E-state index in [9.17, 15) is 136 Å². The molecule has 1 fully saturated rings. The normalized spacial score (nSPS) is 20.6. The zero-order chi connectivity index (χ0) is 88.5. The van der Waals surface area contributed by atoms with Crippen molar-refractivity contribution >= 4 is 132 Å². The number of oxazole rings is 1. The molecule has 0 saturated carbocycles. The van der Waals surface area contributed by atoms with Gasteiger partial charge in [-0.25, -0.2) is 18.1 Å². The number of aliphatic hydroxyl groups is 2. The summed E-state index contributed by atoms with van der Waals surface area (Å²) in [5, 5.41) is 59.7. The summed E-state index contributed by atoms with van der Waals surface area (Å²) in [6, 6.07) is -18.5. The highest BCUT2D eigenvalue weighted by Crippen LogP contribution is 2.15. The van der Waals surface area contributed by atoms with Gasteiger partial charge in [-0.05, 0) is 122 Å². The fourth-order valence-electron chi connectivity index (χ4n) is 10.5. The van der Waals surface area contributed by atoms with Gasteiger partial charge in [-0.1, -0.05) is 60.8 Å². The molecule has 0 bridgehead atoms. The van der Waals surface area contributed by atoms with E-state index >= 15 is 0 Å². The Morgan fingerprint density at radius 3 is 1.28 bits per heavy atom. The van der Waals surface area contributed by atoms with Crippen molar-refractivity contribution in [2.24, 2.45) is 17.8 Å². The van der Waals surface area contributed by atoms with Crippen molar-refractivity contribution in [3.63, 3.8) is 0 Å². The van der Waals surface area contributed by atoms with Crippen molar-refractivity contribution in [2.75, 3.05) is 73.4 Å². The highest BCUT2D eigenvalue weighted by atomic mass is 32.2. The van der Waals surface area contributed by atoms with Crippen LogP contribution in [0.3, 0.4) is 0 Å². The predicted octanol–water partition coefficient (Wildman–Crippen LogP) is -8.45. The zero-order valence-corrected chi connectivity index (χ0v) is 70.1. The molecule has 116 heavy (non-hydrogen) atoms. The smallest absolute Gasteiger partial charge is 0.308 e. The van der Waals surface area contributed by atoms with Crippen molar-refractivity contribution in [3.05, 3.63) is 12.5 Å². The van der Waals surface area contributed by atoms with Gasteiger partial charge in [0.1, 0.15) is 96.1 Å². The van der Waals surface area contributed by atoms with E-state index in [1.54, 1.807) is 27.7 Å². The summed E-state index contributed by atoms with van der Waals surface area (Å²) in [6.07, 6.45) is -2.60. The summed E-state index contributed by atoms with van der Waals surface area (Å²) in [7, 11) is -26.1. The number of hydrogen-bond donors (Lipinski definition) is 25. The average molecular weight is 1790 g/mol. The SMILES string of the molecule is CC[C@@H](C)CCCCC(=O)N[C@@H](CCNCS(=O)(=O)O)C(=O)N[C@H](C(=O)N[C@@H](CCNCS(=O)(=O)O)C(=O)N[C@H]1CCNC(=O)[C@H]([C@@H](C)O)NC(=O)[C@H](CCNCS(=O)(=O)O)NC(=O)[C@H](CCNCS(=O)(=O)O)NC(=O)[C@H](CC(C)C)NC(=O)[C@@H](CC(C)C)NC(=O)[C@H](CCNCS(=O)(=O)O)NC1=O)[C@@H](C)O.O=[SH](=O)Nc1ncco1. The number of rotatable bonds is 46. The Morgan fingerprint density at radius 1 is 0.509 bits per heavy atom. The standard InChI is InChI=1S/C58H110N16O28S5.C3H4N2O3S/c1-9-35(6)12-10-11-13-46(77)65-38(14-20-59-28-103(88,89)90)53(82)74-48(37(8)76)58(87)70-41(17-23-62-31-106(97,98)99)50(79)68-43-19-25-64-57(86)47(36(7)75)73-54(83)42(18-24-63-32-107(100,101)102)67-49(78)39(15-21-60-29-104(91,92)93)69-55(84)44(26-33(2)3)72-56(85)45(27-34(4)5)71-52(81)40(66-51(43)80)16-22-61-30-105(94,95)96;6-9(7)5-3-4-1-2-8-3/h33-45,47-48,59-63,75-76H,9-32H2,1-8H3,(H,64,86)(H,65,77)(H,66,80)(H,67,78)(H,68,79)(H,69,84)(H,70,87)(H,71,81)(H,72,85)(H,73,83)(H,74,82)(H,88,89,90)(H,91,92,93)(H,94,95,96)(H,97,98,99)(H,100,101,102);1-2,9H,(H,4,5,6,7)/t35-,36-,37-,38+,39+,40+,41+,42+,43+,44+,45-,47+,48+;/m1./s1. The number of aromatic nitrogens is 1. The quantitative estimate of drug-likeness (QED) is 0.0164. The lowest BCUT2D eigenvalue weighted by Gasteiger charge is -2.29. The minimum Gasteiger partial charge on any atom is -0.432 e. The summed E-state index contributed by atoms with van der Waals surface area (Å²) in [4.78, 5) is 161. The van der Waals surface area contributed by atoms with Gasteiger partial charge in [0.15, 0.2) is 0 Å². The Kier molecular flexibility index (Phi) is 48.7. The lowest BCUT2D eigenvalue weighted by molar-refractivity contribution is -0.137. The Bertz CT molecular complexity index is 4010. The number of amides is 11. The van der Waals surface area contributed by atoms with Crippen LogP contribution in [0.25, 0.3) is 0 Å². The fraction of sp³-hybridized carbons (Fsp3) is 0.770. The molecule has 1 aliphatic heterocycles. The number of anilines is 1. The molecule has 1 aliphatic rings. The number of thiol groups is 1. The second-order valence-corrected chi connectivity index (χ2v) is 35.9. The fourth-order valence-corrected chi connectivity index (χ4v) is 12.8. The van der Waals surface area contributed by atoms with Crippen LogP contribution in [-0.4, -0.2) is 295 Å². The molecule has 0 unspecified atom stereocenters. The van der Waals surface area contributed by atoms with Crippen LogP contribution in [0, 0.1) is 17.8 Å². The molecule has 0 aliphatic carbocycles. The molecular formula is C61H114N18O31S6. The van der Waals surface area contributed by atoms with Gasteiger partial charge >= 0.3 is 6.01 Å². The van der Waals surface area contributed by atoms with Gasteiger partial charge in [0.25, 0.3) is 50.6 Å². The van der Waals surface area contributed by atoms with Gasteiger partial charge in [0, 0.05) is 13.0 Å². The van der Waals surface area contributed by atoms with Crippen LogP contribution in [0.1, 0.15) is 139 Å². The summed E-state index contributed by atoms with van der Waals surface area (Å²) in [5.41, 5.74) is 0. The molecule has 670 valence electrons. The number of unbranched alkanes of at least 4 members (excludes halogenated alkanes) is 1. The molecule has 49 nitrogen and oxygen atoms in total. The van der Waals surface area contributed by atoms with E-state index in [1.807, 2.05) is 18.6 Å². The highest BCUT2D eigenvalue weighted by Gasteiger charge is 2.39. The van der Waals surface area contributed by atoms with Crippen molar-refractivity contribution in [3.8, 4) is 0 Å². The van der Waals surface area contributed by atoms with Crippen LogP contribution < -0.4 is 89.8 Å². The first-order chi connectivity index (χ1) is 53.7. The van der Waals surface area contributed by atoms with Gasteiger partial charge in [0.05, 0.1) is 18.4 Å². The number of carbonyl (C=O) groups is 11. The number of aliphatic hydroxyl groups excluding tert-OH is 2. The third-order valence-corrected chi connectivity index (χ3v) is 19.7. The molecule has 1 saturated heterocycles. The molecule has 0 spiro atoms. The molecule has 0 radical (unpaired) electrons. The first kappa shape index (κ1) is 106. The maximum atomic E-state index is 14.9. The summed E-state index contributed by atoms with van der Waals surface area (Å²) in [6.45, 7) is 9.25. The molecule has 1 aromatic rings. The Morgan fingerprint density at radius 2 is 0.905 bits per heavy atom. The topological polar surface area (TPSA) is 765 Å². The van der Waals surface area contributed by atoms with Gasteiger partial charge in [0.2, 0.25) is 75.9 Å². The first-order valence-electron chi connectivity index (χ1n) is 36.5. The van der Waals surface area contributed by atoms with Crippen LogP contribution in [0.15, 0.2) is 16.9 Å². The van der Waals surface area contributed by atoms with E-state index in [1.165, 1.54) is 12.5 Å². The maximum absolute atomic E-state index is 14.9. The molecular weight excluding hydrogens is 1670 g/mol. The van der Waals surface area contributed by atoms with E-state index in [2.05, 4.69) is 94.5 Å². The number of hydrogen-bond acceptors (Lipinski definition) is 32. The highest BCUT2D eigenvalue weighted by molar-refractivity contribution is 7.86. The largest absolute Gasteiger partial charge is 0.432 e. The lowest BCUT2D eigenvalue weighted by atomic mass is 9.99. The van der Waals surface area contributed by atoms with Gasteiger partial charge in [-0.3, -0.25) is 75.5 Å².